The number of pyridine rings is 1. The van der Waals surface area contributed by atoms with Gasteiger partial charge in [0.1, 0.15) is 0 Å². The van der Waals surface area contributed by atoms with Gasteiger partial charge in [0, 0.05) is 35.4 Å². The number of carbonyl (C=O) groups excluding carboxylic acids is 2. The molecule has 5 nitrogen and oxygen atoms in total. The minimum atomic E-state index is -0.155. The fraction of sp³-hybridized carbons (Fsp3) is 0.138. The molecule has 1 N–H and O–H groups in total. The minimum Gasteiger partial charge on any atom is -0.322 e. The highest BCUT2D eigenvalue weighted by Crippen LogP contribution is 2.32. The molecule has 0 saturated carbocycles. The molecule has 5 rings (SSSR count). The van der Waals surface area contributed by atoms with Crippen LogP contribution in [0.25, 0.3) is 11.1 Å². The number of carbonyl (C=O) groups is 2. The zero-order chi connectivity index (χ0) is 23.5. The predicted octanol–water partition coefficient (Wildman–Crippen LogP) is 5.44. The van der Waals surface area contributed by atoms with E-state index < -0.39 is 0 Å². The van der Waals surface area contributed by atoms with Crippen LogP contribution in [-0.2, 0) is 17.6 Å². The molecular weight excluding hydrogens is 422 g/mol. The van der Waals surface area contributed by atoms with Gasteiger partial charge in [0.2, 0.25) is 5.91 Å². The molecule has 0 spiro atoms. The maximum absolute atomic E-state index is 13.2. The molecule has 0 unspecified atom stereocenters. The number of nitrogens with zero attached hydrogens (tertiary/aromatic N) is 2. The van der Waals surface area contributed by atoms with Crippen molar-refractivity contribution in [3.63, 3.8) is 0 Å². The predicted molar refractivity (Wildman–Crippen MR) is 135 cm³/mol. The molecule has 0 atom stereocenters. The second-order valence-corrected chi connectivity index (χ2v) is 8.50. The van der Waals surface area contributed by atoms with Gasteiger partial charge >= 0.3 is 0 Å². The van der Waals surface area contributed by atoms with Crippen molar-refractivity contribution in [3.8, 4) is 11.1 Å². The van der Waals surface area contributed by atoms with E-state index in [1.165, 1.54) is 5.56 Å². The SMILES string of the molecule is Cc1ccc(-c2ccccc2C(=O)Nc2ccc3c(c2)CCN3C(=O)Cc2ccccn2)cc1. The monoisotopic (exact) mass is 447 g/mol. The van der Waals surface area contributed by atoms with E-state index in [1.807, 2.05) is 96.8 Å². The first-order chi connectivity index (χ1) is 16.6. The number of aromatic nitrogens is 1. The zero-order valence-electron chi connectivity index (χ0n) is 19.0. The highest BCUT2D eigenvalue weighted by Gasteiger charge is 2.25. The van der Waals surface area contributed by atoms with E-state index >= 15 is 0 Å². The fourth-order valence-electron chi connectivity index (χ4n) is 4.36. The summed E-state index contributed by atoms with van der Waals surface area (Å²) < 4.78 is 0. The third-order valence-corrected chi connectivity index (χ3v) is 6.13. The van der Waals surface area contributed by atoms with Crippen molar-refractivity contribution in [2.75, 3.05) is 16.8 Å². The molecule has 0 saturated heterocycles. The van der Waals surface area contributed by atoms with E-state index in [1.54, 1.807) is 6.20 Å². The van der Waals surface area contributed by atoms with E-state index in [2.05, 4.69) is 10.3 Å². The van der Waals surface area contributed by atoms with E-state index in [-0.39, 0.29) is 18.2 Å². The maximum atomic E-state index is 13.2. The van der Waals surface area contributed by atoms with Crippen LogP contribution in [0.15, 0.2) is 91.1 Å². The number of fused-ring (bicyclic) bond motifs is 1. The van der Waals surface area contributed by atoms with Crippen LogP contribution < -0.4 is 10.2 Å². The number of hydrogen-bond donors (Lipinski definition) is 1. The first-order valence-corrected chi connectivity index (χ1v) is 11.4. The molecule has 5 heteroatoms. The number of nitrogens with one attached hydrogen (secondary N) is 1. The number of rotatable bonds is 5. The van der Waals surface area contributed by atoms with Gasteiger partial charge in [-0.1, -0.05) is 54.1 Å². The zero-order valence-corrected chi connectivity index (χ0v) is 19.0. The summed E-state index contributed by atoms with van der Waals surface area (Å²) in [5.41, 5.74) is 7.15. The molecule has 1 aliphatic heterocycles. The second-order valence-electron chi connectivity index (χ2n) is 8.50. The summed E-state index contributed by atoms with van der Waals surface area (Å²) in [5.74, 6) is -0.126. The molecule has 1 aromatic heterocycles. The Morgan fingerprint density at radius 2 is 1.74 bits per heavy atom. The van der Waals surface area contributed by atoms with Crippen molar-refractivity contribution in [3.05, 3.63) is 114 Å². The second kappa shape index (κ2) is 9.32. The Labute approximate surface area is 199 Å². The summed E-state index contributed by atoms with van der Waals surface area (Å²) in [6.07, 6.45) is 2.73. The van der Waals surface area contributed by atoms with Crippen LogP contribution in [0.2, 0.25) is 0 Å². The quantitative estimate of drug-likeness (QED) is 0.443. The summed E-state index contributed by atoms with van der Waals surface area (Å²) in [6, 6.07) is 27.1. The van der Waals surface area contributed by atoms with Crippen LogP contribution in [0.4, 0.5) is 11.4 Å². The van der Waals surface area contributed by atoms with Crippen molar-refractivity contribution in [1.82, 2.24) is 4.98 Å². The van der Waals surface area contributed by atoms with E-state index in [4.69, 9.17) is 0 Å². The molecule has 2 amide bonds. The minimum absolute atomic E-state index is 0.0289. The average Bonchev–Trinajstić information content (AvgIpc) is 3.29. The van der Waals surface area contributed by atoms with Crippen molar-refractivity contribution < 1.29 is 9.59 Å². The Morgan fingerprint density at radius 3 is 2.53 bits per heavy atom. The summed E-state index contributed by atoms with van der Waals surface area (Å²) in [7, 11) is 0. The van der Waals surface area contributed by atoms with Gasteiger partial charge in [-0.25, -0.2) is 0 Å². The number of hydrogen-bond acceptors (Lipinski definition) is 3. The Kier molecular flexibility index (Phi) is 5.91. The van der Waals surface area contributed by atoms with Gasteiger partial charge in [-0.15, -0.1) is 0 Å². The topological polar surface area (TPSA) is 62.3 Å². The van der Waals surface area contributed by atoms with Crippen molar-refractivity contribution in [2.24, 2.45) is 0 Å². The van der Waals surface area contributed by atoms with E-state index in [0.29, 0.717) is 12.1 Å². The molecule has 0 radical (unpaired) electrons. The summed E-state index contributed by atoms with van der Waals surface area (Å²) in [6.45, 7) is 2.68. The Bertz CT molecular complexity index is 1350. The summed E-state index contributed by atoms with van der Waals surface area (Å²) in [4.78, 5) is 32.1. The first kappa shape index (κ1) is 21.6. The standard InChI is InChI=1S/C29H25N3O2/c1-20-9-11-21(12-10-20)25-7-2-3-8-26(25)29(34)31-24-13-14-27-22(18-24)15-17-32(27)28(33)19-23-6-4-5-16-30-23/h2-14,16,18H,15,17,19H2,1H3,(H,31,34). The lowest BCUT2D eigenvalue weighted by Crippen LogP contribution is -2.30. The molecular formula is C29H25N3O2. The van der Waals surface area contributed by atoms with Crippen LogP contribution in [0.5, 0.6) is 0 Å². The van der Waals surface area contributed by atoms with Crippen LogP contribution in [0.1, 0.15) is 27.2 Å². The Morgan fingerprint density at radius 1 is 0.941 bits per heavy atom. The van der Waals surface area contributed by atoms with E-state index in [0.717, 1.165) is 40.2 Å². The molecule has 0 bridgehead atoms. The normalized spacial score (nSPS) is 12.3. The van der Waals surface area contributed by atoms with Crippen molar-refractivity contribution in [2.45, 2.75) is 19.8 Å². The van der Waals surface area contributed by atoms with Crippen LogP contribution >= 0.6 is 0 Å². The van der Waals surface area contributed by atoms with Crippen LogP contribution in [-0.4, -0.2) is 23.3 Å². The summed E-state index contributed by atoms with van der Waals surface area (Å²) >= 11 is 0. The molecule has 0 aliphatic carbocycles. The molecule has 168 valence electrons. The average molecular weight is 448 g/mol. The molecule has 0 fully saturated rings. The van der Waals surface area contributed by atoms with Gasteiger partial charge in [0.15, 0.2) is 0 Å². The molecule has 34 heavy (non-hydrogen) atoms. The highest BCUT2D eigenvalue weighted by atomic mass is 16.2. The van der Waals surface area contributed by atoms with Gasteiger partial charge in [-0.05, 0) is 66.4 Å². The van der Waals surface area contributed by atoms with Gasteiger partial charge < -0.3 is 10.2 Å². The Balaban J connectivity index is 1.33. The van der Waals surface area contributed by atoms with Gasteiger partial charge in [-0.2, -0.15) is 0 Å². The largest absolute Gasteiger partial charge is 0.322 e. The molecule has 2 heterocycles. The number of anilines is 2. The highest BCUT2D eigenvalue weighted by molar-refractivity contribution is 6.09. The van der Waals surface area contributed by atoms with Crippen LogP contribution in [0, 0.1) is 6.92 Å². The smallest absolute Gasteiger partial charge is 0.256 e. The number of amides is 2. The summed E-state index contributed by atoms with van der Waals surface area (Å²) in [5, 5.41) is 3.04. The van der Waals surface area contributed by atoms with Gasteiger partial charge in [0.25, 0.3) is 5.91 Å². The van der Waals surface area contributed by atoms with Gasteiger partial charge in [0.05, 0.1) is 6.42 Å². The molecule has 1 aliphatic rings. The van der Waals surface area contributed by atoms with Gasteiger partial charge in [-0.3, -0.25) is 14.6 Å². The van der Waals surface area contributed by atoms with Crippen LogP contribution in [0.3, 0.4) is 0 Å². The fourth-order valence-corrected chi connectivity index (χ4v) is 4.36. The Hall–Kier alpha value is -4.25. The lowest BCUT2D eigenvalue weighted by atomic mass is 9.98. The maximum Gasteiger partial charge on any atom is 0.256 e. The van der Waals surface area contributed by atoms with Crippen molar-refractivity contribution in [1.29, 1.82) is 0 Å². The molecule has 4 aromatic rings. The van der Waals surface area contributed by atoms with E-state index in [9.17, 15) is 9.59 Å². The third kappa shape index (κ3) is 4.46. The lowest BCUT2D eigenvalue weighted by molar-refractivity contribution is -0.117. The van der Waals surface area contributed by atoms with Crippen molar-refractivity contribution >= 4 is 23.2 Å². The molecule has 3 aromatic carbocycles. The number of aryl methyl sites for hydroxylation is 1. The third-order valence-electron chi connectivity index (χ3n) is 6.13. The lowest BCUT2D eigenvalue weighted by Gasteiger charge is -2.17. The first-order valence-electron chi connectivity index (χ1n) is 11.4. The number of benzene rings is 3.